The SMILES string of the molecule is COc1cc2c3c(c1)n(CC(=O)N(C)C)c(CNC(=O)c1nc(Cl)c(N)nc1N)[n+]3CC(=O)N2C. The first-order chi connectivity index (χ1) is 16.5. The molecule has 3 heterocycles. The summed E-state index contributed by atoms with van der Waals surface area (Å²) in [7, 11) is 6.50. The molecule has 5 N–H and O–H groups in total. The first kappa shape index (κ1) is 24.0. The zero-order chi connectivity index (χ0) is 25.6. The lowest BCUT2D eigenvalue weighted by Gasteiger charge is -2.22. The molecule has 3 aromatic rings. The van der Waals surface area contributed by atoms with Crippen LogP contribution in [0.2, 0.25) is 5.15 Å². The van der Waals surface area contributed by atoms with Crippen molar-refractivity contribution < 1.29 is 23.7 Å². The number of carbonyl (C=O) groups excluding carboxylic acids is 3. The van der Waals surface area contributed by atoms with Gasteiger partial charge >= 0.3 is 0 Å². The van der Waals surface area contributed by atoms with Gasteiger partial charge in [-0.2, -0.15) is 0 Å². The fraction of sp³-hybridized carbons (Fsp3) is 0.333. The summed E-state index contributed by atoms with van der Waals surface area (Å²) in [5.74, 6) is -0.206. The minimum Gasteiger partial charge on any atom is -0.497 e. The van der Waals surface area contributed by atoms with E-state index in [0.717, 1.165) is 5.52 Å². The van der Waals surface area contributed by atoms with Gasteiger partial charge in [-0.1, -0.05) is 11.6 Å². The zero-order valence-electron chi connectivity index (χ0n) is 19.6. The van der Waals surface area contributed by atoms with Gasteiger partial charge < -0.3 is 31.3 Å². The van der Waals surface area contributed by atoms with Crippen molar-refractivity contribution in [2.75, 3.05) is 44.6 Å². The molecule has 3 amide bonds. The van der Waals surface area contributed by atoms with Crippen molar-refractivity contribution >= 4 is 57.7 Å². The summed E-state index contributed by atoms with van der Waals surface area (Å²) in [6, 6.07) is 3.54. The molecule has 1 aromatic carbocycles. The fourth-order valence-corrected chi connectivity index (χ4v) is 4.02. The Morgan fingerprint density at radius 3 is 2.63 bits per heavy atom. The predicted octanol–water partition coefficient (Wildman–Crippen LogP) is -0.460. The van der Waals surface area contributed by atoms with Crippen LogP contribution in [0.25, 0.3) is 11.0 Å². The number of imidazole rings is 1. The molecule has 0 spiro atoms. The van der Waals surface area contributed by atoms with Crippen LogP contribution in [-0.2, 0) is 29.2 Å². The Balaban J connectivity index is 1.83. The van der Waals surface area contributed by atoms with Crippen LogP contribution >= 0.6 is 11.6 Å². The van der Waals surface area contributed by atoms with E-state index in [1.54, 1.807) is 42.4 Å². The van der Waals surface area contributed by atoms with Gasteiger partial charge in [0.05, 0.1) is 12.8 Å². The zero-order valence-corrected chi connectivity index (χ0v) is 20.4. The quantitative estimate of drug-likeness (QED) is 0.381. The van der Waals surface area contributed by atoms with Gasteiger partial charge in [-0.05, 0) is 0 Å². The van der Waals surface area contributed by atoms with Gasteiger partial charge in [0.15, 0.2) is 46.6 Å². The van der Waals surface area contributed by atoms with Gasteiger partial charge in [0, 0.05) is 33.3 Å². The molecule has 13 nitrogen and oxygen atoms in total. The number of anilines is 3. The van der Waals surface area contributed by atoms with E-state index in [-0.39, 0.29) is 53.9 Å². The Morgan fingerprint density at radius 2 is 1.97 bits per heavy atom. The Labute approximate surface area is 205 Å². The highest BCUT2D eigenvalue weighted by Crippen LogP contribution is 2.33. The lowest BCUT2D eigenvalue weighted by molar-refractivity contribution is -0.668. The summed E-state index contributed by atoms with van der Waals surface area (Å²) in [6.45, 7) is -0.0473. The van der Waals surface area contributed by atoms with Gasteiger partial charge in [0.1, 0.15) is 12.3 Å². The third-order valence-electron chi connectivity index (χ3n) is 5.81. The summed E-state index contributed by atoms with van der Waals surface area (Å²) in [6.07, 6.45) is 0. The van der Waals surface area contributed by atoms with E-state index >= 15 is 0 Å². The van der Waals surface area contributed by atoms with Crippen LogP contribution in [0, 0.1) is 0 Å². The molecule has 0 unspecified atom stereocenters. The van der Waals surface area contributed by atoms with Crippen LogP contribution in [-0.4, -0.2) is 65.4 Å². The second-order valence-corrected chi connectivity index (χ2v) is 8.52. The number of hydrogen-bond acceptors (Lipinski definition) is 8. The summed E-state index contributed by atoms with van der Waals surface area (Å²) in [5.41, 5.74) is 13.2. The third-order valence-corrected chi connectivity index (χ3v) is 6.09. The number of benzene rings is 1. The lowest BCUT2D eigenvalue weighted by atomic mass is 10.2. The standard InChI is InChI=1S/C21H24ClN9O4/c1-28(2)14(32)8-30-12-6-10(35-4)5-11-17(12)31(9-15(33)29(11)3)13(30)7-25-21(34)16-19(23)27-20(24)18(22)26-16/h5-6H,7-9H2,1-4H3,(H4-,23,24,25,27,34)/p+1. The topological polar surface area (TPSA) is 166 Å². The van der Waals surface area contributed by atoms with E-state index in [1.165, 1.54) is 16.9 Å². The van der Waals surface area contributed by atoms with Crippen molar-refractivity contribution in [1.29, 1.82) is 0 Å². The average Bonchev–Trinajstić information content (AvgIpc) is 3.10. The number of nitrogens with zero attached hydrogens (tertiary/aromatic N) is 6. The third kappa shape index (κ3) is 4.14. The summed E-state index contributed by atoms with van der Waals surface area (Å²) >= 11 is 5.91. The second kappa shape index (κ2) is 8.91. The van der Waals surface area contributed by atoms with E-state index in [1.807, 2.05) is 0 Å². The Bertz CT molecular complexity index is 1390. The first-order valence-corrected chi connectivity index (χ1v) is 10.9. The monoisotopic (exact) mass is 502 g/mol. The van der Waals surface area contributed by atoms with Crippen LogP contribution < -0.4 is 31.0 Å². The number of nitrogens with one attached hydrogen (secondary N) is 1. The molecule has 0 saturated carbocycles. The highest BCUT2D eigenvalue weighted by atomic mass is 35.5. The Hall–Kier alpha value is -4.13. The average molecular weight is 503 g/mol. The number of likely N-dealkylation sites (N-methyl/N-ethyl adjacent to an activating group) is 2. The maximum absolute atomic E-state index is 12.9. The number of halogens is 1. The number of hydrogen-bond donors (Lipinski definition) is 3. The highest BCUT2D eigenvalue weighted by molar-refractivity contribution is 6.31. The second-order valence-electron chi connectivity index (χ2n) is 8.16. The number of nitrogens with two attached hydrogens (primary N) is 2. The van der Waals surface area contributed by atoms with Gasteiger partial charge in [-0.25, -0.2) is 19.1 Å². The molecule has 0 atom stereocenters. The molecule has 0 fully saturated rings. The van der Waals surface area contributed by atoms with Crippen molar-refractivity contribution in [2.45, 2.75) is 19.6 Å². The Morgan fingerprint density at radius 1 is 1.26 bits per heavy atom. The van der Waals surface area contributed by atoms with Gasteiger partial charge in [0.25, 0.3) is 23.5 Å². The van der Waals surface area contributed by atoms with Crippen molar-refractivity contribution in [3.05, 3.63) is 28.8 Å². The number of aromatic nitrogens is 4. The molecule has 0 radical (unpaired) electrons. The molecule has 0 bridgehead atoms. The van der Waals surface area contributed by atoms with Crippen LogP contribution in [0.3, 0.4) is 0 Å². The molecule has 1 aliphatic rings. The number of carbonyl (C=O) groups is 3. The summed E-state index contributed by atoms with van der Waals surface area (Å²) < 4.78 is 8.97. The maximum Gasteiger partial charge on any atom is 0.278 e. The number of ether oxygens (including phenoxy) is 1. The molecule has 14 heteroatoms. The number of methoxy groups -OCH3 is 1. The largest absolute Gasteiger partial charge is 0.497 e. The van der Waals surface area contributed by atoms with Gasteiger partial charge in [0.2, 0.25) is 0 Å². The Kier molecular flexibility index (Phi) is 6.11. The molecule has 35 heavy (non-hydrogen) atoms. The van der Waals surface area contributed by atoms with Crippen molar-refractivity contribution in [1.82, 2.24) is 24.8 Å². The molecule has 4 rings (SSSR count). The number of amides is 3. The van der Waals surface area contributed by atoms with E-state index in [0.29, 0.717) is 22.8 Å². The fourth-order valence-electron chi connectivity index (χ4n) is 3.89. The molecule has 0 saturated heterocycles. The molecule has 184 valence electrons. The first-order valence-electron chi connectivity index (χ1n) is 10.5. The van der Waals surface area contributed by atoms with Crippen molar-refractivity contribution in [2.24, 2.45) is 0 Å². The predicted molar refractivity (Wildman–Crippen MR) is 128 cm³/mol. The highest BCUT2D eigenvalue weighted by Gasteiger charge is 2.37. The van der Waals surface area contributed by atoms with Crippen LogP contribution in [0.4, 0.5) is 17.3 Å². The van der Waals surface area contributed by atoms with Crippen LogP contribution in [0.1, 0.15) is 16.3 Å². The van der Waals surface area contributed by atoms with Gasteiger partial charge in [-0.3, -0.25) is 14.4 Å². The van der Waals surface area contributed by atoms with E-state index in [9.17, 15) is 14.4 Å². The summed E-state index contributed by atoms with van der Waals surface area (Å²) in [5, 5.41) is 2.59. The van der Waals surface area contributed by atoms with E-state index in [2.05, 4.69) is 15.3 Å². The van der Waals surface area contributed by atoms with Crippen molar-refractivity contribution in [3.63, 3.8) is 0 Å². The maximum atomic E-state index is 12.9. The minimum absolute atomic E-state index is 0.0241. The van der Waals surface area contributed by atoms with Crippen LogP contribution in [0.5, 0.6) is 5.75 Å². The van der Waals surface area contributed by atoms with E-state index < -0.39 is 5.91 Å². The number of rotatable bonds is 6. The molecule has 1 aliphatic heterocycles. The van der Waals surface area contributed by atoms with E-state index in [4.69, 9.17) is 27.8 Å². The molecular weight excluding hydrogens is 478 g/mol. The van der Waals surface area contributed by atoms with Gasteiger partial charge in [-0.15, -0.1) is 0 Å². The van der Waals surface area contributed by atoms with Crippen molar-refractivity contribution in [3.8, 4) is 5.75 Å². The lowest BCUT2D eigenvalue weighted by Crippen LogP contribution is -2.51. The molecule has 2 aromatic heterocycles. The summed E-state index contributed by atoms with van der Waals surface area (Å²) in [4.78, 5) is 49.1. The minimum atomic E-state index is -0.641. The molecular formula is C21H25ClN9O4+. The smallest absolute Gasteiger partial charge is 0.278 e. The van der Waals surface area contributed by atoms with Crippen LogP contribution in [0.15, 0.2) is 12.1 Å². The normalized spacial score (nSPS) is 12.7. The molecule has 0 aliphatic carbocycles. The number of nitrogen functional groups attached to an aromatic ring is 2.